The molecule has 1 saturated heterocycles. The highest BCUT2D eigenvalue weighted by Crippen LogP contribution is 2.38. The number of hydrogen-bond acceptors (Lipinski definition) is 7. The summed E-state index contributed by atoms with van der Waals surface area (Å²) in [4.78, 5) is 48.4. The maximum absolute atomic E-state index is 14.7. The molecular weight excluding hydrogens is 579 g/mol. The van der Waals surface area contributed by atoms with Crippen molar-refractivity contribution in [1.82, 2.24) is 4.90 Å². The lowest BCUT2D eigenvalue weighted by Crippen LogP contribution is -2.49. The Balaban J connectivity index is 1.30. The van der Waals surface area contributed by atoms with Gasteiger partial charge in [-0.05, 0) is 60.0 Å². The molecule has 222 valence electrons. The molecule has 2 N–H and O–H groups in total. The third kappa shape index (κ3) is 5.65. The lowest BCUT2D eigenvalue weighted by molar-refractivity contribution is -0.148. The summed E-state index contributed by atoms with van der Waals surface area (Å²) in [7, 11) is 0. The van der Waals surface area contributed by atoms with Crippen molar-refractivity contribution in [3.05, 3.63) is 93.8 Å². The van der Waals surface area contributed by atoms with E-state index in [2.05, 4.69) is 15.4 Å². The van der Waals surface area contributed by atoms with Gasteiger partial charge in [0.25, 0.3) is 11.8 Å². The minimum Gasteiger partial charge on any atom is -0.478 e. The number of anilines is 2. The fourth-order valence-corrected chi connectivity index (χ4v) is 5.93. The first-order valence-corrected chi connectivity index (χ1v) is 14.3. The number of aromatic carboxylic acids is 1. The maximum atomic E-state index is 14.7. The number of halogens is 2. The number of ether oxygens (including phenoxy) is 1. The molecule has 3 aromatic rings. The molecular formula is C31H28ClFN4O6. The third-order valence-electron chi connectivity index (χ3n) is 7.89. The van der Waals surface area contributed by atoms with Gasteiger partial charge in [0.15, 0.2) is 5.82 Å². The quantitative estimate of drug-likeness (QED) is 0.430. The molecule has 0 unspecified atom stereocenters. The third-order valence-corrected chi connectivity index (χ3v) is 8.18. The molecule has 12 heteroatoms. The Morgan fingerprint density at radius 1 is 1.00 bits per heavy atom. The average Bonchev–Trinajstić information content (AvgIpc) is 3.52. The molecule has 2 amide bonds. The molecule has 0 aliphatic carbocycles. The van der Waals surface area contributed by atoms with Gasteiger partial charge in [-0.25, -0.2) is 9.18 Å². The molecule has 3 aliphatic rings. The van der Waals surface area contributed by atoms with Crippen LogP contribution in [0.25, 0.3) is 0 Å². The summed E-state index contributed by atoms with van der Waals surface area (Å²) in [5.41, 5.74) is 3.53. The summed E-state index contributed by atoms with van der Waals surface area (Å²) in [6.45, 7) is 2.85. The Morgan fingerprint density at radius 2 is 1.74 bits per heavy atom. The summed E-state index contributed by atoms with van der Waals surface area (Å²) in [6.07, 6.45) is -0.532. The molecule has 1 fully saturated rings. The van der Waals surface area contributed by atoms with E-state index in [-0.39, 0.29) is 34.8 Å². The van der Waals surface area contributed by atoms with Crippen LogP contribution in [0.4, 0.5) is 15.8 Å². The standard InChI is InChI=1S/C31H28ClFN4O6/c32-23-5-1-4-22(27(23)33)24-17-26(43-35-24)30(39)37-12-11-20-21(3-2-6-25(20)36-13-15-42-16-14-36)28(37)29(38)34-19-9-7-18(8-10-19)31(40)41/h1-10,26,28H,11-17H2,(H,34,38)(H,40,41)/t26-,28+/m1/s1. The lowest BCUT2D eigenvalue weighted by atomic mass is 9.89. The van der Waals surface area contributed by atoms with E-state index < -0.39 is 35.7 Å². The van der Waals surface area contributed by atoms with Crippen LogP contribution < -0.4 is 10.2 Å². The van der Waals surface area contributed by atoms with Crippen molar-refractivity contribution < 1.29 is 33.5 Å². The molecule has 6 rings (SSSR count). The number of morpholine rings is 1. The van der Waals surface area contributed by atoms with Crippen LogP contribution >= 0.6 is 11.6 Å². The van der Waals surface area contributed by atoms with Gasteiger partial charge in [-0.15, -0.1) is 0 Å². The minimum atomic E-state index is -1.08. The highest BCUT2D eigenvalue weighted by atomic mass is 35.5. The van der Waals surface area contributed by atoms with E-state index in [0.29, 0.717) is 44.0 Å². The van der Waals surface area contributed by atoms with E-state index in [0.717, 1.165) is 11.3 Å². The SMILES string of the molecule is O=C(O)c1ccc(NC(=O)[C@@H]2c3cccc(N4CCOCC4)c3CCN2C(=O)[C@H]2CC(c3cccc(Cl)c3F)=NO2)cc1. The van der Waals surface area contributed by atoms with Crippen molar-refractivity contribution in [2.75, 3.05) is 43.1 Å². The topological polar surface area (TPSA) is 121 Å². The zero-order chi connectivity index (χ0) is 30.1. The summed E-state index contributed by atoms with van der Waals surface area (Å²) in [5, 5.41) is 16.0. The molecule has 3 aliphatic heterocycles. The summed E-state index contributed by atoms with van der Waals surface area (Å²) >= 11 is 5.94. The van der Waals surface area contributed by atoms with Crippen LogP contribution in [0.15, 0.2) is 65.8 Å². The van der Waals surface area contributed by atoms with E-state index in [1.165, 1.54) is 41.3 Å². The number of benzene rings is 3. The zero-order valence-electron chi connectivity index (χ0n) is 23.0. The normalized spacial score (nSPS) is 19.7. The fourth-order valence-electron chi connectivity index (χ4n) is 5.76. The second kappa shape index (κ2) is 12.0. The average molecular weight is 607 g/mol. The number of fused-ring (bicyclic) bond motifs is 1. The van der Waals surface area contributed by atoms with Crippen molar-refractivity contribution in [3.63, 3.8) is 0 Å². The first-order chi connectivity index (χ1) is 20.8. The van der Waals surface area contributed by atoms with Crippen LogP contribution in [-0.4, -0.2) is 72.5 Å². The Kier molecular flexibility index (Phi) is 8.00. The van der Waals surface area contributed by atoms with Crippen LogP contribution in [0.1, 0.15) is 39.5 Å². The first-order valence-electron chi connectivity index (χ1n) is 13.9. The molecule has 0 bridgehead atoms. The summed E-state index contributed by atoms with van der Waals surface area (Å²) in [6, 6.07) is 15.1. The van der Waals surface area contributed by atoms with E-state index in [1.807, 2.05) is 18.2 Å². The maximum Gasteiger partial charge on any atom is 0.335 e. The highest BCUT2D eigenvalue weighted by Gasteiger charge is 2.42. The van der Waals surface area contributed by atoms with Gasteiger partial charge in [0.05, 0.1) is 29.5 Å². The van der Waals surface area contributed by atoms with Crippen molar-refractivity contribution in [1.29, 1.82) is 0 Å². The van der Waals surface area contributed by atoms with Gasteiger partial charge in [-0.1, -0.05) is 35.0 Å². The van der Waals surface area contributed by atoms with Crippen LogP contribution in [-0.2, 0) is 25.6 Å². The molecule has 0 aromatic heterocycles. The second-order valence-electron chi connectivity index (χ2n) is 10.4. The Labute approximate surface area is 251 Å². The van der Waals surface area contributed by atoms with E-state index in [9.17, 15) is 23.9 Å². The Morgan fingerprint density at radius 3 is 2.49 bits per heavy atom. The van der Waals surface area contributed by atoms with E-state index in [1.54, 1.807) is 6.07 Å². The smallest absolute Gasteiger partial charge is 0.335 e. The van der Waals surface area contributed by atoms with Crippen LogP contribution in [0.2, 0.25) is 5.02 Å². The highest BCUT2D eigenvalue weighted by molar-refractivity contribution is 6.31. The molecule has 3 aromatic carbocycles. The number of amides is 2. The predicted octanol–water partition coefficient (Wildman–Crippen LogP) is 4.27. The van der Waals surface area contributed by atoms with Gasteiger partial charge in [0.2, 0.25) is 6.10 Å². The molecule has 0 spiro atoms. The van der Waals surface area contributed by atoms with E-state index in [4.69, 9.17) is 21.2 Å². The Hall–Kier alpha value is -4.48. The van der Waals surface area contributed by atoms with Gasteiger partial charge in [0.1, 0.15) is 6.04 Å². The van der Waals surface area contributed by atoms with Crippen LogP contribution in [0, 0.1) is 5.82 Å². The second-order valence-corrected chi connectivity index (χ2v) is 10.8. The number of nitrogens with one attached hydrogen (secondary N) is 1. The van der Waals surface area contributed by atoms with Crippen LogP contribution in [0.5, 0.6) is 0 Å². The van der Waals surface area contributed by atoms with Gasteiger partial charge < -0.3 is 29.8 Å². The number of carbonyl (C=O) groups is 3. The number of rotatable bonds is 6. The van der Waals surface area contributed by atoms with Crippen molar-refractivity contribution in [3.8, 4) is 0 Å². The zero-order valence-corrected chi connectivity index (χ0v) is 23.7. The van der Waals surface area contributed by atoms with Gasteiger partial charge in [0, 0.05) is 43.0 Å². The molecule has 43 heavy (non-hydrogen) atoms. The summed E-state index contributed by atoms with van der Waals surface area (Å²) in [5.74, 6) is -2.64. The number of carboxylic acid groups (broad SMARTS) is 1. The fraction of sp³-hybridized carbons (Fsp3) is 0.290. The molecule has 3 heterocycles. The van der Waals surface area contributed by atoms with Crippen molar-refractivity contribution in [2.24, 2.45) is 5.16 Å². The molecule has 0 radical (unpaired) electrons. The first kappa shape index (κ1) is 28.6. The van der Waals surface area contributed by atoms with Crippen molar-refractivity contribution in [2.45, 2.75) is 25.0 Å². The number of carboxylic acids is 1. The van der Waals surface area contributed by atoms with Crippen LogP contribution in [0.3, 0.4) is 0 Å². The number of hydrogen-bond donors (Lipinski definition) is 2. The minimum absolute atomic E-state index is 0.0122. The molecule has 0 saturated carbocycles. The lowest BCUT2D eigenvalue weighted by Gasteiger charge is -2.40. The number of oxime groups is 1. The summed E-state index contributed by atoms with van der Waals surface area (Å²) < 4.78 is 20.2. The number of nitrogens with zero attached hydrogens (tertiary/aromatic N) is 3. The largest absolute Gasteiger partial charge is 0.478 e. The van der Waals surface area contributed by atoms with Gasteiger partial charge in [-0.2, -0.15) is 0 Å². The number of carbonyl (C=O) groups excluding carboxylic acids is 2. The molecule has 10 nitrogen and oxygen atoms in total. The monoisotopic (exact) mass is 606 g/mol. The predicted molar refractivity (Wildman–Crippen MR) is 157 cm³/mol. The molecule has 2 atom stereocenters. The van der Waals surface area contributed by atoms with Gasteiger partial charge >= 0.3 is 5.97 Å². The van der Waals surface area contributed by atoms with Gasteiger partial charge in [-0.3, -0.25) is 9.59 Å². The Bertz CT molecular complexity index is 1610. The van der Waals surface area contributed by atoms with Crippen molar-refractivity contribution >= 4 is 46.5 Å². The van der Waals surface area contributed by atoms with E-state index >= 15 is 0 Å².